The lowest BCUT2D eigenvalue weighted by molar-refractivity contribution is -0.166. The molecule has 0 saturated heterocycles. The van der Waals surface area contributed by atoms with Crippen molar-refractivity contribution in [2.45, 2.75) is 45.3 Å². The highest BCUT2D eigenvalue weighted by Gasteiger charge is 2.63. The number of aromatic nitrogens is 2. The zero-order valence-corrected chi connectivity index (χ0v) is 16.7. The number of amides is 1. The average Bonchev–Trinajstić information content (AvgIpc) is 3.01. The molecule has 1 saturated carbocycles. The molecule has 2 atom stereocenters. The van der Waals surface area contributed by atoms with Crippen LogP contribution in [0.2, 0.25) is 5.02 Å². The number of carbonyl (C=O) groups is 1. The predicted octanol–water partition coefficient (Wildman–Crippen LogP) is 3.25. The minimum atomic E-state index is -0.981. The first-order chi connectivity index (χ1) is 12.3. The van der Waals surface area contributed by atoms with Gasteiger partial charge in [-0.2, -0.15) is 0 Å². The summed E-state index contributed by atoms with van der Waals surface area (Å²) in [4.78, 5) is 12.7. The molecule has 0 spiro atoms. The van der Waals surface area contributed by atoms with E-state index in [0.29, 0.717) is 29.6 Å². The van der Waals surface area contributed by atoms with Crippen LogP contribution in [0, 0.1) is 5.41 Å². The SMILES string of the molecule is CCOC1CC(N)(C(=O)Nc2nnc(Cc3cccc(Cl)c3)s2)C1(C)C. The average molecular weight is 395 g/mol. The number of nitrogens with zero attached hydrogens (tertiary/aromatic N) is 2. The Bertz CT molecular complexity index is 810. The van der Waals surface area contributed by atoms with Gasteiger partial charge in [-0.3, -0.25) is 10.1 Å². The molecule has 0 aliphatic heterocycles. The molecule has 3 rings (SSSR count). The molecule has 1 amide bonds. The largest absolute Gasteiger partial charge is 0.378 e. The molecular formula is C18H23ClN4O2S. The van der Waals surface area contributed by atoms with Crippen LogP contribution in [0.3, 0.4) is 0 Å². The van der Waals surface area contributed by atoms with Crippen molar-refractivity contribution in [1.82, 2.24) is 10.2 Å². The van der Waals surface area contributed by atoms with Gasteiger partial charge in [0.25, 0.3) is 0 Å². The zero-order valence-electron chi connectivity index (χ0n) is 15.1. The highest BCUT2D eigenvalue weighted by molar-refractivity contribution is 7.15. The Hall–Kier alpha value is -1.54. The standard InChI is InChI=1S/C18H23ClN4O2S/c1-4-25-13-10-18(20,17(13,2)3)15(24)21-16-23-22-14(26-16)9-11-6-5-7-12(19)8-11/h5-8,13H,4,9-10,20H2,1-3H3,(H,21,23,24). The van der Waals surface area contributed by atoms with Gasteiger partial charge in [0.2, 0.25) is 11.0 Å². The quantitative estimate of drug-likeness (QED) is 0.784. The Morgan fingerprint density at radius 3 is 2.88 bits per heavy atom. The first-order valence-electron chi connectivity index (χ1n) is 8.55. The van der Waals surface area contributed by atoms with Crippen LogP contribution in [0.25, 0.3) is 0 Å². The Labute approximate surface area is 162 Å². The molecule has 2 aromatic rings. The fourth-order valence-corrected chi connectivity index (χ4v) is 4.21. The second-order valence-electron chi connectivity index (χ2n) is 7.10. The zero-order chi connectivity index (χ0) is 18.9. The lowest BCUT2D eigenvalue weighted by atomic mass is 9.54. The van der Waals surface area contributed by atoms with E-state index in [2.05, 4.69) is 15.5 Å². The van der Waals surface area contributed by atoms with Gasteiger partial charge in [0.05, 0.1) is 6.10 Å². The fraction of sp³-hybridized carbons (Fsp3) is 0.500. The molecule has 1 aliphatic rings. The summed E-state index contributed by atoms with van der Waals surface area (Å²) >= 11 is 7.34. The van der Waals surface area contributed by atoms with Crippen LogP contribution in [0.4, 0.5) is 5.13 Å². The monoisotopic (exact) mass is 394 g/mol. The van der Waals surface area contributed by atoms with E-state index < -0.39 is 11.0 Å². The van der Waals surface area contributed by atoms with E-state index >= 15 is 0 Å². The van der Waals surface area contributed by atoms with Crippen molar-refractivity contribution >= 4 is 34.0 Å². The van der Waals surface area contributed by atoms with Gasteiger partial charge in [0, 0.05) is 29.9 Å². The number of ether oxygens (including phenoxy) is 1. The van der Waals surface area contributed by atoms with Crippen LogP contribution in [-0.4, -0.2) is 34.4 Å². The van der Waals surface area contributed by atoms with Crippen molar-refractivity contribution < 1.29 is 9.53 Å². The third kappa shape index (κ3) is 3.49. The Morgan fingerprint density at radius 2 is 2.23 bits per heavy atom. The summed E-state index contributed by atoms with van der Waals surface area (Å²) in [5.74, 6) is -0.246. The lowest BCUT2D eigenvalue weighted by Gasteiger charge is -2.57. The maximum atomic E-state index is 12.7. The number of halogens is 1. The first-order valence-corrected chi connectivity index (χ1v) is 9.74. The molecule has 1 heterocycles. The van der Waals surface area contributed by atoms with Crippen LogP contribution >= 0.6 is 22.9 Å². The maximum absolute atomic E-state index is 12.7. The van der Waals surface area contributed by atoms with Gasteiger partial charge < -0.3 is 10.5 Å². The van der Waals surface area contributed by atoms with E-state index in [1.54, 1.807) is 0 Å². The number of nitrogens with two attached hydrogens (primary N) is 1. The van der Waals surface area contributed by atoms with Crippen LogP contribution in [-0.2, 0) is 16.0 Å². The smallest absolute Gasteiger partial charge is 0.247 e. The minimum absolute atomic E-state index is 0.0175. The highest BCUT2D eigenvalue weighted by Crippen LogP contribution is 2.50. The van der Waals surface area contributed by atoms with Gasteiger partial charge in [-0.1, -0.05) is 48.9 Å². The molecule has 0 radical (unpaired) electrons. The van der Waals surface area contributed by atoms with Crippen molar-refractivity contribution in [2.75, 3.05) is 11.9 Å². The van der Waals surface area contributed by atoms with E-state index in [1.807, 2.05) is 45.0 Å². The van der Waals surface area contributed by atoms with Gasteiger partial charge in [-0.25, -0.2) is 0 Å². The lowest BCUT2D eigenvalue weighted by Crippen LogP contribution is -2.74. The van der Waals surface area contributed by atoms with E-state index in [1.165, 1.54) is 11.3 Å². The number of benzene rings is 1. The molecule has 1 aliphatic carbocycles. The summed E-state index contributed by atoms with van der Waals surface area (Å²) < 4.78 is 5.67. The van der Waals surface area contributed by atoms with Crippen LogP contribution in [0.15, 0.2) is 24.3 Å². The Kier molecular flexibility index (Phi) is 5.35. The van der Waals surface area contributed by atoms with Crippen LogP contribution in [0.5, 0.6) is 0 Å². The van der Waals surface area contributed by atoms with Gasteiger partial charge in [0.15, 0.2) is 0 Å². The number of rotatable bonds is 6. The van der Waals surface area contributed by atoms with Crippen molar-refractivity contribution in [2.24, 2.45) is 11.1 Å². The summed E-state index contributed by atoms with van der Waals surface area (Å²) in [5, 5.41) is 13.0. The number of nitrogens with one attached hydrogen (secondary N) is 1. The second-order valence-corrected chi connectivity index (χ2v) is 8.60. The summed E-state index contributed by atoms with van der Waals surface area (Å²) in [6, 6.07) is 7.59. The Morgan fingerprint density at radius 1 is 1.46 bits per heavy atom. The molecule has 0 bridgehead atoms. The molecule has 140 valence electrons. The number of hydrogen-bond donors (Lipinski definition) is 2. The predicted molar refractivity (Wildman–Crippen MR) is 104 cm³/mol. The molecule has 26 heavy (non-hydrogen) atoms. The molecule has 1 aromatic carbocycles. The summed E-state index contributed by atoms with van der Waals surface area (Å²) in [5.41, 5.74) is 6.01. The maximum Gasteiger partial charge on any atom is 0.247 e. The minimum Gasteiger partial charge on any atom is -0.378 e. The molecule has 8 heteroatoms. The van der Waals surface area contributed by atoms with Gasteiger partial charge in [-0.05, 0) is 24.6 Å². The van der Waals surface area contributed by atoms with Crippen molar-refractivity contribution in [3.05, 3.63) is 39.9 Å². The number of anilines is 1. The number of hydrogen-bond acceptors (Lipinski definition) is 6. The third-order valence-corrected chi connectivity index (χ3v) is 6.24. The Balaban J connectivity index is 1.65. The van der Waals surface area contributed by atoms with E-state index in [4.69, 9.17) is 22.1 Å². The first kappa shape index (κ1) is 19.2. The summed E-state index contributed by atoms with van der Waals surface area (Å²) in [7, 11) is 0. The van der Waals surface area contributed by atoms with Crippen molar-refractivity contribution in [1.29, 1.82) is 0 Å². The highest BCUT2D eigenvalue weighted by atomic mass is 35.5. The van der Waals surface area contributed by atoms with Gasteiger partial charge >= 0.3 is 0 Å². The van der Waals surface area contributed by atoms with Crippen molar-refractivity contribution in [3.8, 4) is 0 Å². The fourth-order valence-electron chi connectivity index (χ4n) is 3.23. The van der Waals surface area contributed by atoms with E-state index in [0.717, 1.165) is 10.6 Å². The molecule has 2 unspecified atom stereocenters. The van der Waals surface area contributed by atoms with Gasteiger partial charge in [0.1, 0.15) is 10.5 Å². The van der Waals surface area contributed by atoms with E-state index in [9.17, 15) is 4.79 Å². The summed E-state index contributed by atoms with van der Waals surface area (Å²) in [6.45, 7) is 6.46. The van der Waals surface area contributed by atoms with Crippen LogP contribution < -0.4 is 11.1 Å². The normalized spacial score (nSPS) is 24.1. The molecular weight excluding hydrogens is 372 g/mol. The third-order valence-electron chi connectivity index (χ3n) is 5.17. The molecule has 6 nitrogen and oxygen atoms in total. The molecule has 1 aromatic heterocycles. The van der Waals surface area contributed by atoms with E-state index in [-0.39, 0.29) is 12.0 Å². The van der Waals surface area contributed by atoms with Gasteiger partial charge in [-0.15, -0.1) is 10.2 Å². The topological polar surface area (TPSA) is 90.1 Å². The molecule has 3 N–H and O–H groups in total. The number of carbonyl (C=O) groups excluding carboxylic acids is 1. The second kappa shape index (κ2) is 7.23. The summed E-state index contributed by atoms with van der Waals surface area (Å²) in [6.07, 6.45) is 1.09. The van der Waals surface area contributed by atoms with Crippen molar-refractivity contribution in [3.63, 3.8) is 0 Å². The molecule has 1 fully saturated rings. The van der Waals surface area contributed by atoms with Crippen LogP contribution in [0.1, 0.15) is 37.8 Å².